The summed E-state index contributed by atoms with van der Waals surface area (Å²) in [6.45, 7) is 2.17. The topological polar surface area (TPSA) is 84.9 Å². The summed E-state index contributed by atoms with van der Waals surface area (Å²) in [6.07, 6.45) is 1.25. The summed E-state index contributed by atoms with van der Waals surface area (Å²) in [5.74, 6) is -0.0924. The number of amides is 2. The molecule has 1 fully saturated rings. The first-order chi connectivity index (χ1) is 12.0. The third-order valence-electron chi connectivity index (χ3n) is 3.39. The Morgan fingerprint density at radius 3 is 2.68 bits per heavy atom. The van der Waals surface area contributed by atoms with Crippen LogP contribution in [0.25, 0.3) is 0 Å². The van der Waals surface area contributed by atoms with Crippen LogP contribution >= 0.6 is 11.8 Å². The van der Waals surface area contributed by atoms with E-state index in [0.717, 1.165) is 11.3 Å². The number of nitrogens with one attached hydrogen (secondary N) is 1. The maximum Gasteiger partial charge on any atom is 0.333 e. The second kappa shape index (κ2) is 9.12. The van der Waals surface area contributed by atoms with E-state index in [9.17, 15) is 14.4 Å². The number of hydrogen-bond donors (Lipinski definition) is 1. The molecule has 1 heterocycles. The van der Waals surface area contributed by atoms with Gasteiger partial charge in [0.15, 0.2) is 0 Å². The van der Waals surface area contributed by atoms with Crippen LogP contribution in [-0.4, -0.2) is 48.7 Å². The minimum absolute atomic E-state index is 0.132. The molecule has 0 aliphatic carbocycles. The molecule has 1 aromatic carbocycles. The average Bonchev–Trinajstić information content (AvgIpc) is 2.94. The van der Waals surface area contributed by atoms with Crippen LogP contribution in [0.5, 0.6) is 5.75 Å². The second-order valence-electron chi connectivity index (χ2n) is 5.13. The maximum absolute atomic E-state index is 12.1. The van der Waals surface area contributed by atoms with Crippen LogP contribution in [0.1, 0.15) is 12.5 Å². The molecule has 1 aromatic rings. The number of rotatable bonds is 7. The monoisotopic (exact) mass is 364 g/mol. The standard InChI is InChI=1S/C17H20N2O5S/c1-3-24-17(22)8-16-19(15(21)11-25-16)10-14(20)18-9-12-4-6-13(23-2)7-5-12/h4-8H,3,9-11H2,1-2H3,(H,18,20)/b16-8-. The first-order valence-corrected chi connectivity index (χ1v) is 8.73. The molecule has 0 atom stereocenters. The van der Waals surface area contributed by atoms with Crippen LogP contribution in [0, 0.1) is 0 Å². The fraction of sp³-hybridized carbons (Fsp3) is 0.353. The van der Waals surface area contributed by atoms with E-state index in [1.165, 1.54) is 22.7 Å². The van der Waals surface area contributed by atoms with E-state index in [1.807, 2.05) is 24.3 Å². The van der Waals surface area contributed by atoms with Crippen LogP contribution in [0.2, 0.25) is 0 Å². The molecule has 0 spiro atoms. The predicted octanol–water partition coefficient (Wildman–Crippen LogP) is 1.29. The Kier molecular flexibility index (Phi) is 6.88. The summed E-state index contributed by atoms with van der Waals surface area (Å²) in [5, 5.41) is 3.19. The van der Waals surface area contributed by atoms with E-state index in [4.69, 9.17) is 9.47 Å². The molecule has 0 saturated carbocycles. The van der Waals surface area contributed by atoms with Gasteiger partial charge in [0.2, 0.25) is 11.8 Å². The van der Waals surface area contributed by atoms with Crippen LogP contribution in [0.3, 0.4) is 0 Å². The van der Waals surface area contributed by atoms with Crippen LogP contribution < -0.4 is 10.1 Å². The molecule has 0 radical (unpaired) electrons. The Labute approximate surface area is 150 Å². The quantitative estimate of drug-likeness (QED) is 0.580. The van der Waals surface area contributed by atoms with Gasteiger partial charge in [-0.15, -0.1) is 0 Å². The SMILES string of the molecule is CCOC(=O)/C=C1\SCC(=O)N1CC(=O)NCc1ccc(OC)cc1. The van der Waals surface area contributed by atoms with Gasteiger partial charge in [0.25, 0.3) is 0 Å². The number of methoxy groups -OCH3 is 1. The van der Waals surface area contributed by atoms with Crippen molar-refractivity contribution in [2.45, 2.75) is 13.5 Å². The summed E-state index contributed by atoms with van der Waals surface area (Å²) in [7, 11) is 1.59. The van der Waals surface area contributed by atoms with Crippen molar-refractivity contribution in [2.75, 3.05) is 26.0 Å². The first kappa shape index (κ1) is 18.9. The summed E-state index contributed by atoms with van der Waals surface area (Å²) in [5.41, 5.74) is 0.915. The van der Waals surface area contributed by atoms with Gasteiger partial charge in [-0.05, 0) is 24.6 Å². The Morgan fingerprint density at radius 1 is 1.32 bits per heavy atom. The Hall–Kier alpha value is -2.48. The molecule has 7 nitrogen and oxygen atoms in total. The number of carbonyl (C=O) groups is 3. The third-order valence-corrected chi connectivity index (χ3v) is 4.41. The summed E-state index contributed by atoms with van der Waals surface area (Å²) in [4.78, 5) is 36.9. The first-order valence-electron chi connectivity index (χ1n) is 7.74. The van der Waals surface area contributed by atoms with Crippen molar-refractivity contribution in [3.63, 3.8) is 0 Å². The summed E-state index contributed by atoms with van der Waals surface area (Å²) >= 11 is 1.22. The normalized spacial score (nSPS) is 15.4. The van der Waals surface area contributed by atoms with Crippen molar-refractivity contribution < 1.29 is 23.9 Å². The van der Waals surface area contributed by atoms with Crippen LogP contribution in [0.4, 0.5) is 0 Å². The molecule has 25 heavy (non-hydrogen) atoms. The van der Waals surface area contributed by atoms with Gasteiger partial charge in [0.1, 0.15) is 12.3 Å². The lowest BCUT2D eigenvalue weighted by atomic mass is 10.2. The average molecular weight is 364 g/mol. The maximum atomic E-state index is 12.1. The Balaban J connectivity index is 1.90. The number of thioether (sulfide) groups is 1. The highest BCUT2D eigenvalue weighted by Gasteiger charge is 2.29. The van der Waals surface area contributed by atoms with Crippen LogP contribution in [-0.2, 0) is 25.7 Å². The molecule has 2 rings (SSSR count). The highest BCUT2D eigenvalue weighted by molar-refractivity contribution is 8.04. The van der Waals surface area contributed by atoms with Gasteiger partial charge in [0, 0.05) is 6.54 Å². The lowest BCUT2D eigenvalue weighted by Gasteiger charge is -2.16. The molecule has 0 bridgehead atoms. The molecule has 0 unspecified atom stereocenters. The minimum Gasteiger partial charge on any atom is -0.497 e. The molecule has 2 amide bonds. The fourth-order valence-electron chi connectivity index (χ4n) is 2.13. The van der Waals surface area contributed by atoms with E-state index in [2.05, 4.69) is 5.32 Å². The number of nitrogens with zero attached hydrogens (tertiary/aromatic N) is 1. The predicted molar refractivity (Wildman–Crippen MR) is 93.7 cm³/mol. The molecule has 1 N–H and O–H groups in total. The second-order valence-corrected chi connectivity index (χ2v) is 6.12. The Morgan fingerprint density at radius 2 is 2.04 bits per heavy atom. The summed E-state index contributed by atoms with van der Waals surface area (Å²) in [6, 6.07) is 7.31. The number of hydrogen-bond acceptors (Lipinski definition) is 6. The minimum atomic E-state index is -0.525. The lowest BCUT2D eigenvalue weighted by molar-refractivity contribution is -0.137. The largest absolute Gasteiger partial charge is 0.497 e. The van der Waals surface area contributed by atoms with Gasteiger partial charge >= 0.3 is 5.97 Å². The molecule has 0 aromatic heterocycles. The highest BCUT2D eigenvalue weighted by atomic mass is 32.2. The van der Waals surface area contributed by atoms with Crippen LogP contribution in [0.15, 0.2) is 35.4 Å². The van der Waals surface area contributed by atoms with Crippen molar-refractivity contribution in [2.24, 2.45) is 0 Å². The smallest absolute Gasteiger partial charge is 0.333 e. The van der Waals surface area contributed by atoms with Gasteiger partial charge in [-0.25, -0.2) is 4.79 Å². The van der Waals surface area contributed by atoms with Gasteiger partial charge in [0.05, 0.1) is 30.6 Å². The molecular formula is C17H20N2O5S. The number of benzene rings is 1. The van der Waals surface area contributed by atoms with E-state index in [0.29, 0.717) is 11.6 Å². The van der Waals surface area contributed by atoms with Gasteiger partial charge in [-0.2, -0.15) is 0 Å². The van der Waals surface area contributed by atoms with E-state index in [-0.39, 0.29) is 30.7 Å². The van der Waals surface area contributed by atoms with Crippen molar-refractivity contribution in [3.8, 4) is 5.75 Å². The van der Waals surface area contributed by atoms with Crippen molar-refractivity contribution >= 4 is 29.5 Å². The van der Waals surface area contributed by atoms with Gasteiger partial charge in [-0.3, -0.25) is 14.5 Å². The fourth-order valence-corrected chi connectivity index (χ4v) is 3.06. The van der Waals surface area contributed by atoms with E-state index < -0.39 is 5.97 Å². The number of ether oxygens (including phenoxy) is 2. The molecule has 1 aliphatic heterocycles. The van der Waals surface area contributed by atoms with E-state index in [1.54, 1.807) is 14.0 Å². The zero-order valence-corrected chi connectivity index (χ0v) is 14.9. The zero-order valence-electron chi connectivity index (χ0n) is 14.1. The molecule has 8 heteroatoms. The third kappa shape index (κ3) is 5.53. The van der Waals surface area contributed by atoms with Crippen molar-refractivity contribution in [1.82, 2.24) is 10.2 Å². The highest BCUT2D eigenvalue weighted by Crippen LogP contribution is 2.28. The molecule has 1 saturated heterocycles. The van der Waals surface area contributed by atoms with E-state index >= 15 is 0 Å². The number of esters is 1. The van der Waals surface area contributed by atoms with Gasteiger partial charge in [-0.1, -0.05) is 23.9 Å². The zero-order chi connectivity index (χ0) is 18.2. The molecule has 134 valence electrons. The lowest BCUT2D eigenvalue weighted by Crippen LogP contribution is -2.37. The molecule has 1 aliphatic rings. The van der Waals surface area contributed by atoms with Crippen molar-refractivity contribution in [1.29, 1.82) is 0 Å². The van der Waals surface area contributed by atoms with Gasteiger partial charge < -0.3 is 14.8 Å². The molecular weight excluding hydrogens is 344 g/mol. The number of carbonyl (C=O) groups excluding carboxylic acids is 3. The Bertz CT molecular complexity index is 672. The van der Waals surface area contributed by atoms with Crippen molar-refractivity contribution in [3.05, 3.63) is 40.9 Å². The summed E-state index contributed by atoms with van der Waals surface area (Å²) < 4.78 is 9.92.